The molecule has 1 aliphatic rings. The van der Waals surface area contributed by atoms with Gasteiger partial charge in [0.15, 0.2) is 0 Å². The van der Waals surface area contributed by atoms with Crippen molar-refractivity contribution in [2.24, 2.45) is 5.92 Å². The highest BCUT2D eigenvalue weighted by Crippen LogP contribution is 2.22. The van der Waals surface area contributed by atoms with E-state index in [1.54, 1.807) is 0 Å². The molecule has 0 aromatic heterocycles. The SMILES string of the molecule is CC1CCCCCC1NC[C@H](O)CO. The number of aliphatic hydroxyl groups is 2. The summed E-state index contributed by atoms with van der Waals surface area (Å²) in [7, 11) is 0. The highest BCUT2D eigenvalue weighted by molar-refractivity contribution is 4.77. The molecule has 0 spiro atoms. The normalized spacial score (nSPS) is 31.1. The van der Waals surface area contributed by atoms with Gasteiger partial charge in [0.2, 0.25) is 0 Å². The maximum Gasteiger partial charge on any atom is 0.0895 e. The molecule has 1 rings (SSSR count). The van der Waals surface area contributed by atoms with Crippen molar-refractivity contribution >= 4 is 0 Å². The minimum absolute atomic E-state index is 0.145. The van der Waals surface area contributed by atoms with Gasteiger partial charge in [0, 0.05) is 12.6 Å². The van der Waals surface area contributed by atoms with Crippen LogP contribution < -0.4 is 5.32 Å². The van der Waals surface area contributed by atoms with Crippen molar-refractivity contribution in [1.29, 1.82) is 0 Å². The highest BCUT2D eigenvalue weighted by atomic mass is 16.3. The van der Waals surface area contributed by atoms with Crippen LogP contribution in [0.25, 0.3) is 0 Å². The van der Waals surface area contributed by atoms with E-state index >= 15 is 0 Å². The quantitative estimate of drug-likeness (QED) is 0.592. The molecule has 0 aliphatic heterocycles. The fraction of sp³-hybridized carbons (Fsp3) is 1.00. The molecule has 1 aliphatic carbocycles. The van der Waals surface area contributed by atoms with Crippen LogP contribution in [0.5, 0.6) is 0 Å². The molecule has 0 saturated heterocycles. The van der Waals surface area contributed by atoms with Crippen LogP contribution in [0.15, 0.2) is 0 Å². The largest absolute Gasteiger partial charge is 0.394 e. The van der Waals surface area contributed by atoms with Gasteiger partial charge in [-0.1, -0.05) is 26.2 Å². The van der Waals surface area contributed by atoms with Gasteiger partial charge in [-0.3, -0.25) is 0 Å². The molecule has 0 aromatic rings. The van der Waals surface area contributed by atoms with Crippen LogP contribution in [0.1, 0.15) is 39.0 Å². The third kappa shape index (κ3) is 3.95. The molecule has 3 N–H and O–H groups in total. The summed E-state index contributed by atoms with van der Waals surface area (Å²) >= 11 is 0. The maximum atomic E-state index is 9.23. The van der Waals surface area contributed by atoms with Crippen LogP contribution in [0.4, 0.5) is 0 Å². The zero-order valence-electron chi connectivity index (χ0n) is 9.08. The number of rotatable bonds is 4. The Morgan fingerprint density at radius 3 is 2.71 bits per heavy atom. The minimum atomic E-state index is -0.606. The van der Waals surface area contributed by atoms with Crippen LogP contribution >= 0.6 is 0 Å². The molecule has 3 heteroatoms. The molecule has 0 aromatic carbocycles. The average Bonchev–Trinajstić information content (AvgIpc) is 2.39. The van der Waals surface area contributed by atoms with E-state index in [9.17, 15) is 5.11 Å². The second kappa shape index (κ2) is 6.38. The lowest BCUT2D eigenvalue weighted by Gasteiger charge is -2.23. The number of aliphatic hydroxyl groups excluding tert-OH is 2. The van der Waals surface area contributed by atoms with E-state index in [4.69, 9.17) is 5.11 Å². The highest BCUT2D eigenvalue weighted by Gasteiger charge is 2.19. The Kier molecular flexibility index (Phi) is 5.45. The van der Waals surface area contributed by atoms with Crippen LogP contribution in [-0.4, -0.2) is 35.5 Å². The first-order chi connectivity index (χ1) is 6.74. The van der Waals surface area contributed by atoms with Gasteiger partial charge in [0.1, 0.15) is 0 Å². The fourth-order valence-electron chi connectivity index (χ4n) is 2.15. The summed E-state index contributed by atoms with van der Waals surface area (Å²) in [5.74, 6) is 0.698. The van der Waals surface area contributed by atoms with Gasteiger partial charge in [0.05, 0.1) is 12.7 Å². The van der Waals surface area contributed by atoms with Crippen LogP contribution in [0.2, 0.25) is 0 Å². The number of hydrogen-bond donors (Lipinski definition) is 3. The average molecular weight is 201 g/mol. The minimum Gasteiger partial charge on any atom is -0.394 e. The molecular formula is C11H23NO2. The van der Waals surface area contributed by atoms with Gasteiger partial charge in [-0.15, -0.1) is 0 Å². The van der Waals surface area contributed by atoms with Crippen LogP contribution in [-0.2, 0) is 0 Å². The Labute approximate surface area is 86.5 Å². The summed E-state index contributed by atoms with van der Waals surface area (Å²) in [6.45, 7) is 2.65. The molecule has 2 unspecified atom stereocenters. The zero-order valence-corrected chi connectivity index (χ0v) is 9.08. The van der Waals surface area contributed by atoms with E-state index < -0.39 is 6.10 Å². The summed E-state index contributed by atoms with van der Waals surface area (Å²) in [6.07, 6.45) is 5.85. The van der Waals surface area contributed by atoms with Crippen molar-refractivity contribution in [3.63, 3.8) is 0 Å². The van der Waals surface area contributed by atoms with E-state index in [1.165, 1.54) is 32.1 Å². The van der Waals surface area contributed by atoms with Crippen LogP contribution in [0.3, 0.4) is 0 Å². The molecule has 1 fully saturated rings. The molecule has 14 heavy (non-hydrogen) atoms. The Bertz CT molecular complexity index is 152. The van der Waals surface area contributed by atoms with Crippen molar-refractivity contribution < 1.29 is 10.2 Å². The van der Waals surface area contributed by atoms with Crippen molar-refractivity contribution in [3.05, 3.63) is 0 Å². The summed E-state index contributed by atoms with van der Waals surface area (Å²) < 4.78 is 0. The molecule has 0 heterocycles. The topological polar surface area (TPSA) is 52.5 Å². The Morgan fingerprint density at radius 2 is 2.00 bits per heavy atom. The lowest BCUT2D eigenvalue weighted by atomic mass is 9.97. The predicted molar refractivity (Wildman–Crippen MR) is 57.1 cm³/mol. The van der Waals surface area contributed by atoms with Crippen molar-refractivity contribution in [1.82, 2.24) is 5.32 Å². The van der Waals surface area contributed by atoms with E-state index in [2.05, 4.69) is 12.2 Å². The maximum absolute atomic E-state index is 9.23. The molecule has 0 amide bonds. The van der Waals surface area contributed by atoms with Gasteiger partial charge in [0.25, 0.3) is 0 Å². The molecule has 1 saturated carbocycles. The molecule has 3 nitrogen and oxygen atoms in total. The monoisotopic (exact) mass is 201 g/mol. The van der Waals surface area contributed by atoms with E-state index in [0.29, 0.717) is 18.5 Å². The van der Waals surface area contributed by atoms with E-state index in [1.807, 2.05) is 0 Å². The lowest BCUT2D eigenvalue weighted by Crippen LogP contribution is -2.40. The molecular weight excluding hydrogens is 178 g/mol. The number of hydrogen-bond acceptors (Lipinski definition) is 3. The zero-order chi connectivity index (χ0) is 10.4. The van der Waals surface area contributed by atoms with Gasteiger partial charge < -0.3 is 15.5 Å². The molecule has 84 valence electrons. The summed E-state index contributed by atoms with van der Waals surface area (Å²) in [6, 6.07) is 0.527. The predicted octanol–water partition coefficient (Wildman–Crippen LogP) is 0.898. The summed E-state index contributed by atoms with van der Waals surface area (Å²) in [5.41, 5.74) is 0. The molecule has 3 atom stereocenters. The Hall–Kier alpha value is -0.120. The van der Waals surface area contributed by atoms with E-state index in [0.717, 1.165) is 0 Å². The van der Waals surface area contributed by atoms with Gasteiger partial charge >= 0.3 is 0 Å². The Morgan fingerprint density at radius 1 is 1.29 bits per heavy atom. The van der Waals surface area contributed by atoms with Crippen molar-refractivity contribution in [2.45, 2.75) is 51.2 Å². The van der Waals surface area contributed by atoms with Crippen LogP contribution in [0, 0.1) is 5.92 Å². The van der Waals surface area contributed by atoms with Gasteiger partial charge in [-0.2, -0.15) is 0 Å². The molecule has 0 bridgehead atoms. The molecule has 0 radical (unpaired) electrons. The van der Waals surface area contributed by atoms with Gasteiger partial charge in [-0.25, -0.2) is 0 Å². The first kappa shape index (κ1) is 12.0. The summed E-state index contributed by atoms with van der Waals surface area (Å²) in [5, 5.41) is 21.3. The second-order valence-corrected chi connectivity index (χ2v) is 4.47. The van der Waals surface area contributed by atoms with Crippen molar-refractivity contribution in [3.8, 4) is 0 Å². The van der Waals surface area contributed by atoms with Gasteiger partial charge in [-0.05, 0) is 18.8 Å². The van der Waals surface area contributed by atoms with Crippen molar-refractivity contribution in [2.75, 3.05) is 13.2 Å². The lowest BCUT2D eigenvalue weighted by molar-refractivity contribution is 0.0894. The first-order valence-corrected chi connectivity index (χ1v) is 5.76. The second-order valence-electron chi connectivity index (χ2n) is 4.47. The van der Waals surface area contributed by atoms with E-state index in [-0.39, 0.29) is 6.61 Å². The summed E-state index contributed by atoms with van der Waals surface area (Å²) in [4.78, 5) is 0. The third-order valence-electron chi connectivity index (χ3n) is 3.19. The standard InChI is InChI=1S/C11H23NO2/c1-9-5-3-2-4-6-11(9)12-7-10(14)8-13/h9-14H,2-8H2,1H3/t9?,10-,11?/m0/s1. The fourth-order valence-corrected chi connectivity index (χ4v) is 2.15. The first-order valence-electron chi connectivity index (χ1n) is 5.76. The third-order valence-corrected chi connectivity index (χ3v) is 3.19. The smallest absolute Gasteiger partial charge is 0.0895 e. The Balaban J connectivity index is 2.26. The number of nitrogens with one attached hydrogen (secondary N) is 1.